The standard InChI is InChI=1S/C19H24N4O2/c1-14-17(6-5-7-18(14)23(24)25)15(2)21-16-9-12-22(13-10-16)19-8-3-4-11-20-19/h3-8,11,15-16,21H,9-10,12-13H2,1-2H3/t15-/m1/s1. The summed E-state index contributed by atoms with van der Waals surface area (Å²) in [5.74, 6) is 1.03. The molecule has 6 nitrogen and oxygen atoms in total. The molecule has 0 amide bonds. The van der Waals surface area contributed by atoms with Gasteiger partial charge in [0.15, 0.2) is 0 Å². The third-order valence-electron chi connectivity index (χ3n) is 4.96. The first-order chi connectivity index (χ1) is 12.1. The van der Waals surface area contributed by atoms with Crippen LogP contribution in [0.5, 0.6) is 0 Å². The summed E-state index contributed by atoms with van der Waals surface area (Å²) in [5.41, 5.74) is 1.94. The van der Waals surface area contributed by atoms with Crippen LogP contribution in [0.2, 0.25) is 0 Å². The molecule has 1 fully saturated rings. The summed E-state index contributed by atoms with van der Waals surface area (Å²) in [4.78, 5) is 17.5. The Morgan fingerprint density at radius 1 is 1.24 bits per heavy atom. The number of aromatic nitrogens is 1. The van der Waals surface area contributed by atoms with Gasteiger partial charge >= 0.3 is 0 Å². The molecule has 1 aliphatic heterocycles. The fourth-order valence-corrected chi connectivity index (χ4v) is 3.57. The van der Waals surface area contributed by atoms with E-state index in [1.807, 2.05) is 37.4 Å². The van der Waals surface area contributed by atoms with Gasteiger partial charge in [0.1, 0.15) is 5.82 Å². The van der Waals surface area contributed by atoms with Crippen molar-refractivity contribution in [2.45, 2.75) is 38.8 Å². The van der Waals surface area contributed by atoms with Gasteiger partial charge in [-0.25, -0.2) is 4.98 Å². The molecule has 2 heterocycles. The lowest BCUT2D eigenvalue weighted by Crippen LogP contribution is -2.43. The summed E-state index contributed by atoms with van der Waals surface area (Å²) >= 11 is 0. The number of piperidine rings is 1. The third kappa shape index (κ3) is 3.96. The Morgan fingerprint density at radius 3 is 2.64 bits per heavy atom. The number of pyridine rings is 1. The van der Waals surface area contributed by atoms with E-state index < -0.39 is 0 Å². The van der Waals surface area contributed by atoms with Gasteiger partial charge in [0.25, 0.3) is 5.69 Å². The molecule has 0 radical (unpaired) electrons. The molecule has 6 heteroatoms. The summed E-state index contributed by atoms with van der Waals surface area (Å²) in [6.45, 7) is 5.84. The summed E-state index contributed by atoms with van der Waals surface area (Å²) in [5, 5.41) is 14.8. The van der Waals surface area contributed by atoms with Crippen molar-refractivity contribution in [1.29, 1.82) is 0 Å². The van der Waals surface area contributed by atoms with Crippen molar-refractivity contribution < 1.29 is 4.92 Å². The molecule has 132 valence electrons. The lowest BCUT2D eigenvalue weighted by atomic mass is 9.98. The maximum Gasteiger partial charge on any atom is 0.272 e. The SMILES string of the molecule is Cc1c([C@@H](C)NC2CCN(c3ccccn3)CC2)cccc1[N+](=O)[O-]. The number of hydrogen-bond donors (Lipinski definition) is 1. The molecule has 0 spiro atoms. The molecule has 2 aromatic rings. The predicted molar refractivity (Wildman–Crippen MR) is 98.9 cm³/mol. The van der Waals surface area contributed by atoms with Gasteiger partial charge in [0, 0.05) is 43.0 Å². The van der Waals surface area contributed by atoms with Crippen molar-refractivity contribution in [1.82, 2.24) is 10.3 Å². The quantitative estimate of drug-likeness (QED) is 0.665. The molecule has 1 N–H and O–H groups in total. The van der Waals surface area contributed by atoms with Gasteiger partial charge in [0.2, 0.25) is 0 Å². The second kappa shape index (κ2) is 7.61. The van der Waals surface area contributed by atoms with Gasteiger partial charge in [-0.15, -0.1) is 0 Å². The summed E-state index contributed by atoms with van der Waals surface area (Å²) in [6, 6.07) is 11.8. The molecule has 25 heavy (non-hydrogen) atoms. The van der Waals surface area contributed by atoms with Crippen LogP contribution in [0.4, 0.5) is 11.5 Å². The van der Waals surface area contributed by atoms with E-state index in [0.717, 1.165) is 42.9 Å². The van der Waals surface area contributed by atoms with Gasteiger partial charge in [0.05, 0.1) is 4.92 Å². The van der Waals surface area contributed by atoms with Gasteiger partial charge in [-0.3, -0.25) is 10.1 Å². The van der Waals surface area contributed by atoms with E-state index >= 15 is 0 Å². The average molecular weight is 340 g/mol. The highest BCUT2D eigenvalue weighted by Gasteiger charge is 2.23. The largest absolute Gasteiger partial charge is 0.357 e. The Balaban J connectivity index is 1.61. The minimum absolute atomic E-state index is 0.0892. The molecule has 3 rings (SSSR count). The average Bonchev–Trinajstić information content (AvgIpc) is 2.63. The predicted octanol–water partition coefficient (Wildman–Crippen LogP) is 3.62. The molecule has 1 aromatic heterocycles. The number of rotatable bonds is 5. The summed E-state index contributed by atoms with van der Waals surface area (Å²) in [6.07, 6.45) is 3.90. The first-order valence-corrected chi connectivity index (χ1v) is 8.72. The van der Waals surface area contributed by atoms with E-state index in [1.165, 1.54) is 0 Å². The van der Waals surface area contributed by atoms with E-state index in [9.17, 15) is 10.1 Å². The molecule has 0 bridgehead atoms. The van der Waals surface area contributed by atoms with Crippen molar-refractivity contribution in [3.05, 3.63) is 63.8 Å². The lowest BCUT2D eigenvalue weighted by Gasteiger charge is -2.34. The molecule has 0 unspecified atom stereocenters. The zero-order chi connectivity index (χ0) is 17.8. The molecule has 1 aliphatic rings. The first kappa shape index (κ1) is 17.4. The van der Waals surface area contributed by atoms with Gasteiger partial charge in [-0.1, -0.05) is 18.2 Å². The zero-order valence-electron chi connectivity index (χ0n) is 14.7. The second-order valence-electron chi connectivity index (χ2n) is 6.59. The van der Waals surface area contributed by atoms with Gasteiger partial charge < -0.3 is 10.2 Å². The Morgan fingerprint density at radius 2 is 2.00 bits per heavy atom. The number of nitro groups is 1. The molecule has 1 atom stereocenters. The van der Waals surface area contributed by atoms with Gasteiger partial charge in [-0.2, -0.15) is 0 Å². The fraction of sp³-hybridized carbons (Fsp3) is 0.421. The zero-order valence-corrected chi connectivity index (χ0v) is 14.7. The van der Waals surface area contributed by atoms with Crippen molar-refractivity contribution in [2.75, 3.05) is 18.0 Å². The van der Waals surface area contributed by atoms with E-state index in [2.05, 4.69) is 22.1 Å². The Kier molecular flexibility index (Phi) is 5.28. The van der Waals surface area contributed by atoms with E-state index in [0.29, 0.717) is 6.04 Å². The number of hydrogen-bond acceptors (Lipinski definition) is 5. The minimum atomic E-state index is -0.309. The summed E-state index contributed by atoms with van der Waals surface area (Å²) in [7, 11) is 0. The van der Waals surface area contributed by atoms with Crippen LogP contribution in [-0.2, 0) is 0 Å². The number of benzene rings is 1. The summed E-state index contributed by atoms with van der Waals surface area (Å²) < 4.78 is 0. The van der Waals surface area contributed by atoms with E-state index in [1.54, 1.807) is 12.1 Å². The topological polar surface area (TPSA) is 71.3 Å². The van der Waals surface area contributed by atoms with Crippen molar-refractivity contribution in [2.24, 2.45) is 0 Å². The molecule has 0 saturated carbocycles. The van der Waals surface area contributed by atoms with Crippen molar-refractivity contribution in [3.8, 4) is 0 Å². The van der Waals surface area contributed by atoms with Crippen LogP contribution in [0.3, 0.4) is 0 Å². The highest BCUT2D eigenvalue weighted by atomic mass is 16.6. The van der Waals surface area contributed by atoms with Crippen LogP contribution in [0.1, 0.15) is 36.9 Å². The van der Waals surface area contributed by atoms with Crippen molar-refractivity contribution >= 4 is 11.5 Å². The molecule has 0 aliphatic carbocycles. The monoisotopic (exact) mass is 340 g/mol. The smallest absolute Gasteiger partial charge is 0.272 e. The fourth-order valence-electron chi connectivity index (χ4n) is 3.57. The highest BCUT2D eigenvalue weighted by Crippen LogP contribution is 2.27. The number of nitro benzene ring substituents is 1. The van der Waals surface area contributed by atoms with Gasteiger partial charge in [-0.05, 0) is 44.4 Å². The van der Waals surface area contributed by atoms with Crippen LogP contribution in [-0.4, -0.2) is 29.0 Å². The Labute approximate surface area is 148 Å². The maximum atomic E-state index is 11.1. The van der Waals surface area contributed by atoms with Crippen LogP contribution >= 0.6 is 0 Å². The van der Waals surface area contributed by atoms with Crippen LogP contribution in [0.25, 0.3) is 0 Å². The number of nitrogens with zero attached hydrogens (tertiary/aromatic N) is 3. The van der Waals surface area contributed by atoms with E-state index in [-0.39, 0.29) is 16.7 Å². The first-order valence-electron chi connectivity index (χ1n) is 8.72. The Hall–Kier alpha value is -2.47. The second-order valence-corrected chi connectivity index (χ2v) is 6.59. The van der Waals surface area contributed by atoms with E-state index in [4.69, 9.17) is 0 Å². The minimum Gasteiger partial charge on any atom is -0.357 e. The third-order valence-corrected chi connectivity index (χ3v) is 4.96. The molecule has 1 aromatic carbocycles. The number of nitrogens with one attached hydrogen (secondary N) is 1. The van der Waals surface area contributed by atoms with Crippen LogP contribution < -0.4 is 10.2 Å². The van der Waals surface area contributed by atoms with Crippen LogP contribution in [0, 0.1) is 17.0 Å². The van der Waals surface area contributed by atoms with Crippen molar-refractivity contribution in [3.63, 3.8) is 0 Å². The normalized spacial score (nSPS) is 16.6. The Bertz CT molecular complexity index is 727. The highest BCUT2D eigenvalue weighted by molar-refractivity contribution is 5.45. The molecule has 1 saturated heterocycles. The lowest BCUT2D eigenvalue weighted by molar-refractivity contribution is -0.385. The molecular weight excluding hydrogens is 316 g/mol. The van der Waals surface area contributed by atoms with Crippen LogP contribution in [0.15, 0.2) is 42.6 Å². The number of anilines is 1. The molecular formula is C19H24N4O2. The maximum absolute atomic E-state index is 11.1.